The number of pyridine rings is 2. The molecule has 1 saturated heterocycles. The zero-order valence-electron chi connectivity index (χ0n) is 37.1. The molecule has 0 bridgehead atoms. The number of nitrogen functional groups attached to an aromatic ring is 1. The van der Waals surface area contributed by atoms with Gasteiger partial charge in [0.1, 0.15) is 28.4 Å². The third-order valence-electron chi connectivity index (χ3n) is 12.1. The number of hydrazine groups is 1. The van der Waals surface area contributed by atoms with Crippen molar-refractivity contribution in [3.05, 3.63) is 129 Å². The van der Waals surface area contributed by atoms with E-state index in [1.165, 1.54) is 39.6 Å². The fraction of sp³-hybridized carbons (Fsp3) is 0.319. The molecule has 0 radical (unpaired) electrons. The summed E-state index contributed by atoms with van der Waals surface area (Å²) in [5, 5.41) is 13.1. The highest BCUT2D eigenvalue weighted by molar-refractivity contribution is 6.03. The number of nitrogens with zero attached hydrogens (tertiary/aromatic N) is 10. The second-order valence-corrected chi connectivity index (χ2v) is 18.0. The maximum absolute atomic E-state index is 15.2. The van der Waals surface area contributed by atoms with Gasteiger partial charge in [0.05, 0.1) is 36.6 Å². The average Bonchev–Trinajstić information content (AvgIpc) is 3.78. The van der Waals surface area contributed by atoms with E-state index < -0.39 is 35.4 Å². The molecular weight excluding hydrogens is 887 g/mol. The molecule has 350 valence electrons. The van der Waals surface area contributed by atoms with Gasteiger partial charge in [-0.15, -0.1) is 13.2 Å². The predicted octanol–water partition coefficient (Wildman–Crippen LogP) is 6.51. The first-order chi connectivity index (χ1) is 32.5. The molecule has 2 aromatic carbocycles. The van der Waals surface area contributed by atoms with Gasteiger partial charge in [-0.05, 0) is 90.9 Å². The highest BCUT2D eigenvalue weighted by Crippen LogP contribution is 2.34. The van der Waals surface area contributed by atoms with Crippen LogP contribution in [-0.2, 0) is 19.5 Å². The van der Waals surface area contributed by atoms with Crippen LogP contribution in [0, 0.1) is 22.6 Å². The van der Waals surface area contributed by atoms with Gasteiger partial charge in [-0.25, -0.2) is 30.0 Å². The van der Waals surface area contributed by atoms with Crippen molar-refractivity contribution in [1.82, 2.24) is 48.9 Å². The molecule has 9 rings (SSSR count). The third kappa shape index (κ3) is 9.07. The summed E-state index contributed by atoms with van der Waals surface area (Å²) in [5.41, 5.74) is 4.92. The normalized spacial score (nSPS) is 14.8. The van der Waals surface area contributed by atoms with E-state index in [0.717, 1.165) is 35.3 Å². The third-order valence-corrected chi connectivity index (χ3v) is 12.1. The van der Waals surface area contributed by atoms with Gasteiger partial charge >= 0.3 is 12.1 Å². The number of fused-ring (bicyclic) bond motifs is 4. The van der Waals surface area contributed by atoms with Gasteiger partial charge in [-0.1, -0.05) is 26.8 Å². The molecule has 0 saturated carbocycles. The van der Waals surface area contributed by atoms with Gasteiger partial charge in [0.25, 0.3) is 11.8 Å². The van der Waals surface area contributed by atoms with Gasteiger partial charge in [0.2, 0.25) is 5.95 Å². The fourth-order valence-corrected chi connectivity index (χ4v) is 9.16. The molecule has 17 nitrogen and oxygen atoms in total. The molecule has 7 aromatic rings. The van der Waals surface area contributed by atoms with Crippen LogP contribution in [0.15, 0.2) is 83.9 Å². The molecule has 2 aliphatic rings. The molecule has 7 heterocycles. The Labute approximate surface area is 385 Å². The van der Waals surface area contributed by atoms with E-state index in [9.17, 15) is 32.8 Å². The molecule has 0 aliphatic carbocycles. The number of nitriles is 1. The first kappa shape index (κ1) is 45.5. The van der Waals surface area contributed by atoms with Crippen molar-refractivity contribution in [2.75, 3.05) is 31.5 Å². The second kappa shape index (κ2) is 17.8. The number of nitrogens with two attached hydrogens (primary N) is 1. The lowest BCUT2D eigenvalue weighted by Crippen LogP contribution is -2.41. The van der Waals surface area contributed by atoms with E-state index >= 15 is 4.39 Å². The summed E-state index contributed by atoms with van der Waals surface area (Å²) in [6.07, 6.45) is -0.242. The number of anilines is 2. The zero-order chi connectivity index (χ0) is 48.1. The van der Waals surface area contributed by atoms with Crippen LogP contribution < -0.4 is 27.0 Å². The van der Waals surface area contributed by atoms with Crippen molar-refractivity contribution in [3.8, 4) is 17.5 Å². The molecule has 0 atom stereocenters. The summed E-state index contributed by atoms with van der Waals surface area (Å²) in [6, 6.07) is 17.5. The van der Waals surface area contributed by atoms with Crippen LogP contribution in [0.3, 0.4) is 0 Å². The fourth-order valence-electron chi connectivity index (χ4n) is 9.16. The molecule has 0 unspecified atom stereocenters. The lowest BCUT2D eigenvalue weighted by atomic mass is 9.94. The van der Waals surface area contributed by atoms with Crippen LogP contribution >= 0.6 is 0 Å². The standard InChI is InChI=1S/C47H45F4N13O4/c1-46(2,3)26-60-18-14-30(15-19-60)64-41-39(38(42(65)59-53)57-44(58-41)56-29-8-11-32(12-9-29)68-47(49,50)51)63(45(64)67)31-10-13-36(55-23-31)43(66)61-20-16-33-34-5-4-17-54-40(34)62(37(33)25-61)24-28-7-6-27(22-52)21-35(28)48/h4-13,17,21,23,30H,14-16,18-20,24-26,53H2,1-3H3,(H,59,65)(H,56,57,58). The minimum atomic E-state index is -4.89. The van der Waals surface area contributed by atoms with Gasteiger partial charge < -0.3 is 24.4 Å². The second-order valence-electron chi connectivity index (χ2n) is 18.0. The first-order valence-corrected chi connectivity index (χ1v) is 21.8. The van der Waals surface area contributed by atoms with E-state index in [0.29, 0.717) is 50.1 Å². The van der Waals surface area contributed by atoms with Crippen LogP contribution in [0.1, 0.15) is 83.0 Å². The molecule has 2 amide bonds. The number of rotatable bonds is 10. The number of hydrogen-bond acceptors (Lipinski definition) is 12. The summed E-state index contributed by atoms with van der Waals surface area (Å²) < 4.78 is 62.4. The van der Waals surface area contributed by atoms with Crippen molar-refractivity contribution in [3.63, 3.8) is 0 Å². The number of piperidine rings is 1. The minimum Gasteiger partial charge on any atom is -0.406 e. The van der Waals surface area contributed by atoms with Gasteiger partial charge in [0.15, 0.2) is 11.3 Å². The van der Waals surface area contributed by atoms with Gasteiger partial charge in [-0.3, -0.25) is 24.1 Å². The van der Waals surface area contributed by atoms with Crippen molar-refractivity contribution in [2.45, 2.75) is 65.5 Å². The Hall–Kier alpha value is -7.70. The van der Waals surface area contributed by atoms with Crippen molar-refractivity contribution in [1.29, 1.82) is 5.26 Å². The summed E-state index contributed by atoms with van der Waals surface area (Å²) in [7, 11) is 0. The highest BCUT2D eigenvalue weighted by atomic mass is 19.4. The molecule has 2 aliphatic heterocycles. The molecule has 1 fully saturated rings. The number of aromatic nitrogens is 7. The number of carbonyl (C=O) groups excluding carboxylic acids is 2. The Kier molecular flexibility index (Phi) is 11.9. The molecule has 0 spiro atoms. The molecule has 21 heteroatoms. The van der Waals surface area contributed by atoms with Gasteiger partial charge in [-0.2, -0.15) is 10.2 Å². The number of likely N-dealkylation sites (tertiary alicyclic amines) is 1. The maximum atomic E-state index is 15.2. The SMILES string of the molecule is CC(C)(C)CN1CCC(n2c(=O)n(-c3ccc(C(=O)N4CCc5c(n(Cc6ccc(C#N)cc6F)c6ncccc56)C4)nc3)c3c(C(=O)NN)nc(Nc4ccc(OC(F)(F)F)cc4)nc32)CC1. The lowest BCUT2D eigenvalue weighted by molar-refractivity contribution is -0.274. The number of carbonyl (C=O) groups is 2. The van der Waals surface area contributed by atoms with E-state index in [2.05, 4.69) is 56.1 Å². The Balaban J connectivity index is 1.06. The maximum Gasteiger partial charge on any atom is 0.573 e. The molecule has 68 heavy (non-hydrogen) atoms. The van der Waals surface area contributed by atoms with Crippen molar-refractivity contribution >= 4 is 45.6 Å². The summed E-state index contributed by atoms with van der Waals surface area (Å²) in [6.45, 7) is 9.31. The van der Waals surface area contributed by atoms with Crippen molar-refractivity contribution < 1.29 is 31.9 Å². The van der Waals surface area contributed by atoms with E-state index in [1.54, 1.807) is 29.3 Å². The zero-order valence-corrected chi connectivity index (χ0v) is 37.1. The average molecular weight is 932 g/mol. The molecule has 5 aromatic heterocycles. The largest absolute Gasteiger partial charge is 0.573 e. The number of benzene rings is 2. The van der Waals surface area contributed by atoms with Crippen LogP contribution in [0.5, 0.6) is 5.75 Å². The lowest BCUT2D eigenvalue weighted by Gasteiger charge is -2.36. The smallest absolute Gasteiger partial charge is 0.406 e. The monoisotopic (exact) mass is 931 g/mol. The van der Waals surface area contributed by atoms with E-state index in [4.69, 9.17) is 10.8 Å². The number of hydrogen-bond donors (Lipinski definition) is 3. The van der Waals surface area contributed by atoms with E-state index in [-0.39, 0.29) is 70.0 Å². The van der Waals surface area contributed by atoms with Crippen LogP contribution in [-0.4, -0.2) is 87.8 Å². The Morgan fingerprint density at radius 1 is 0.971 bits per heavy atom. The first-order valence-electron chi connectivity index (χ1n) is 21.8. The quantitative estimate of drug-likeness (QED) is 0.0581. The number of amides is 2. The van der Waals surface area contributed by atoms with Gasteiger partial charge in [0, 0.05) is 60.7 Å². The summed E-state index contributed by atoms with van der Waals surface area (Å²) in [4.78, 5) is 65.0. The van der Waals surface area contributed by atoms with Crippen LogP contribution in [0.25, 0.3) is 27.9 Å². The van der Waals surface area contributed by atoms with Crippen molar-refractivity contribution in [2.24, 2.45) is 11.3 Å². The Morgan fingerprint density at radius 2 is 1.74 bits per heavy atom. The number of imidazole rings is 1. The number of ether oxygens (including phenoxy) is 1. The topological polar surface area (TPSA) is 207 Å². The van der Waals surface area contributed by atoms with E-state index in [1.807, 2.05) is 22.8 Å². The summed E-state index contributed by atoms with van der Waals surface area (Å²) in [5.74, 6) is 3.30. The summed E-state index contributed by atoms with van der Waals surface area (Å²) >= 11 is 0. The number of nitrogens with one attached hydrogen (secondary N) is 2. The predicted molar refractivity (Wildman–Crippen MR) is 242 cm³/mol. The Bertz CT molecular complexity index is 3180. The van der Waals surface area contributed by atoms with Crippen LogP contribution in [0.2, 0.25) is 0 Å². The minimum absolute atomic E-state index is 0.0131. The van der Waals surface area contributed by atoms with Crippen LogP contribution in [0.4, 0.5) is 29.2 Å². The molecule has 4 N–H and O–H groups in total. The molecular formula is C47H45F4N13O4. The number of alkyl halides is 3. The Morgan fingerprint density at radius 3 is 2.40 bits per heavy atom. The number of halogens is 4. The highest BCUT2D eigenvalue weighted by Gasteiger charge is 2.34.